The first-order valence-corrected chi connectivity index (χ1v) is 2.05. The molecule has 0 saturated carbocycles. The molecule has 0 spiro atoms. The van der Waals surface area contributed by atoms with E-state index in [1.54, 1.807) is 0 Å². The number of hydrogen-bond donors (Lipinski definition) is 3. The van der Waals surface area contributed by atoms with Crippen LogP contribution in [0.25, 0.3) is 0 Å². The van der Waals surface area contributed by atoms with Crippen molar-refractivity contribution in [2.45, 2.75) is 5.85 Å². The van der Waals surface area contributed by atoms with Gasteiger partial charge in [-0.1, -0.05) is 0 Å². The van der Waals surface area contributed by atoms with Crippen LogP contribution in [0.15, 0.2) is 0 Å². The summed E-state index contributed by atoms with van der Waals surface area (Å²) < 4.78 is 4.64. The lowest BCUT2D eigenvalue weighted by Crippen LogP contribution is -2.41. The third-order valence-electron chi connectivity index (χ3n) is 0.834. The van der Waals surface area contributed by atoms with Crippen LogP contribution in [0.1, 0.15) is 0 Å². The van der Waals surface area contributed by atoms with Crippen molar-refractivity contribution in [2.24, 2.45) is 5.73 Å². The SMILES string of the molecule is NC1(NCO)CO1. The van der Waals surface area contributed by atoms with E-state index in [0.29, 0.717) is 6.61 Å². The van der Waals surface area contributed by atoms with Gasteiger partial charge in [0.2, 0.25) is 0 Å². The summed E-state index contributed by atoms with van der Waals surface area (Å²) in [6.07, 6.45) is 0. The Morgan fingerprint density at radius 3 is 2.71 bits per heavy atom. The Bertz CT molecular complexity index is 71.3. The lowest BCUT2D eigenvalue weighted by Gasteiger charge is -2.01. The maximum absolute atomic E-state index is 8.17. The molecule has 1 rings (SSSR count). The number of nitrogens with two attached hydrogens (primary N) is 1. The fourth-order valence-corrected chi connectivity index (χ4v) is 0.314. The first kappa shape index (κ1) is 4.99. The Balaban J connectivity index is 2.13. The fourth-order valence-electron chi connectivity index (χ4n) is 0.314. The van der Waals surface area contributed by atoms with Gasteiger partial charge in [-0.2, -0.15) is 0 Å². The summed E-state index contributed by atoms with van der Waals surface area (Å²) in [5.74, 6) is -0.700. The molecule has 0 aromatic rings. The van der Waals surface area contributed by atoms with Crippen molar-refractivity contribution in [2.75, 3.05) is 13.3 Å². The molecule has 0 aromatic carbocycles. The van der Waals surface area contributed by atoms with E-state index >= 15 is 0 Å². The zero-order chi connectivity index (χ0) is 5.33. The standard InChI is InChI=1S/C3H8N2O2/c4-3(1-7-3)5-2-6/h5-6H,1-2,4H2. The second-order valence-electron chi connectivity index (χ2n) is 1.51. The highest BCUT2D eigenvalue weighted by atomic mass is 16.6. The van der Waals surface area contributed by atoms with Gasteiger partial charge < -0.3 is 9.84 Å². The third kappa shape index (κ3) is 1.10. The Labute approximate surface area is 41.3 Å². The molecule has 0 bridgehead atoms. The maximum atomic E-state index is 8.17. The lowest BCUT2D eigenvalue weighted by atomic mass is 10.6. The van der Waals surface area contributed by atoms with E-state index in [9.17, 15) is 0 Å². The molecule has 4 N–H and O–H groups in total. The maximum Gasteiger partial charge on any atom is 0.198 e. The van der Waals surface area contributed by atoms with Gasteiger partial charge in [-0.05, 0) is 0 Å². The number of hydrogen-bond acceptors (Lipinski definition) is 4. The average molecular weight is 104 g/mol. The van der Waals surface area contributed by atoms with Crippen molar-refractivity contribution in [3.8, 4) is 0 Å². The highest BCUT2D eigenvalue weighted by Crippen LogP contribution is 2.13. The Hall–Kier alpha value is -0.160. The molecule has 1 aliphatic heterocycles. The van der Waals surface area contributed by atoms with Crippen LogP contribution in [-0.4, -0.2) is 24.3 Å². The van der Waals surface area contributed by atoms with Gasteiger partial charge in [0.25, 0.3) is 0 Å². The molecule has 1 heterocycles. The summed E-state index contributed by atoms with van der Waals surface area (Å²) in [4.78, 5) is 0. The van der Waals surface area contributed by atoms with Gasteiger partial charge in [0, 0.05) is 0 Å². The first-order chi connectivity index (χ1) is 3.27. The summed E-state index contributed by atoms with van der Waals surface area (Å²) in [6, 6.07) is 0. The van der Waals surface area contributed by atoms with Gasteiger partial charge in [-0.3, -0.25) is 11.1 Å². The molecule has 0 radical (unpaired) electrons. The van der Waals surface area contributed by atoms with Crippen LogP contribution in [0, 0.1) is 0 Å². The first-order valence-electron chi connectivity index (χ1n) is 2.05. The highest BCUT2D eigenvalue weighted by molar-refractivity contribution is 4.79. The van der Waals surface area contributed by atoms with Gasteiger partial charge in [0.1, 0.15) is 6.61 Å². The number of nitrogens with one attached hydrogen (secondary N) is 1. The summed E-state index contributed by atoms with van der Waals surface area (Å²) in [5, 5.41) is 10.7. The molecule has 1 unspecified atom stereocenters. The zero-order valence-corrected chi connectivity index (χ0v) is 3.85. The third-order valence-corrected chi connectivity index (χ3v) is 0.834. The summed E-state index contributed by atoms with van der Waals surface area (Å²) in [5.41, 5.74) is 5.26. The van der Waals surface area contributed by atoms with Gasteiger partial charge in [-0.25, -0.2) is 0 Å². The fraction of sp³-hybridized carbons (Fsp3) is 1.00. The zero-order valence-electron chi connectivity index (χ0n) is 3.85. The smallest absolute Gasteiger partial charge is 0.198 e. The summed E-state index contributed by atoms with van der Waals surface area (Å²) in [6.45, 7) is 0.365. The molecule has 42 valence electrons. The van der Waals surface area contributed by atoms with E-state index in [4.69, 9.17) is 10.8 Å². The molecule has 0 aliphatic carbocycles. The largest absolute Gasteiger partial charge is 0.381 e. The Morgan fingerprint density at radius 1 is 2.00 bits per heavy atom. The molecule has 1 fully saturated rings. The van der Waals surface area contributed by atoms with Crippen molar-refractivity contribution >= 4 is 0 Å². The minimum atomic E-state index is -0.700. The molecule has 7 heavy (non-hydrogen) atoms. The molecule has 1 saturated heterocycles. The second-order valence-corrected chi connectivity index (χ2v) is 1.51. The van der Waals surface area contributed by atoms with Crippen molar-refractivity contribution < 1.29 is 9.84 Å². The molecule has 0 amide bonds. The van der Waals surface area contributed by atoms with E-state index < -0.39 is 5.85 Å². The predicted molar refractivity (Wildman–Crippen MR) is 23.1 cm³/mol. The molecule has 1 aliphatic rings. The minimum Gasteiger partial charge on any atom is -0.381 e. The van der Waals surface area contributed by atoms with E-state index in [1.807, 2.05) is 0 Å². The van der Waals surface area contributed by atoms with E-state index in [-0.39, 0.29) is 6.73 Å². The average Bonchev–Trinajstić information content (AvgIpc) is 2.22. The van der Waals surface area contributed by atoms with Crippen LogP contribution in [0.5, 0.6) is 0 Å². The van der Waals surface area contributed by atoms with Crippen LogP contribution in [0.3, 0.4) is 0 Å². The lowest BCUT2D eigenvalue weighted by molar-refractivity contribution is 0.177. The van der Waals surface area contributed by atoms with Crippen molar-refractivity contribution in [1.29, 1.82) is 0 Å². The second kappa shape index (κ2) is 1.41. The Kier molecular flexibility index (Phi) is 1.01. The molecule has 0 aromatic heterocycles. The Morgan fingerprint density at radius 2 is 2.57 bits per heavy atom. The van der Waals surface area contributed by atoms with Crippen LogP contribution in [-0.2, 0) is 4.74 Å². The molecule has 4 nitrogen and oxygen atoms in total. The summed E-state index contributed by atoms with van der Waals surface area (Å²) in [7, 11) is 0. The number of epoxide rings is 1. The number of ether oxygens (including phenoxy) is 1. The number of aliphatic hydroxyl groups is 1. The van der Waals surface area contributed by atoms with Gasteiger partial charge in [0.05, 0.1) is 6.73 Å². The topological polar surface area (TPSA) is 70.8 Å². The summed E-state index contributed by atoms with van der Waals surface area (Å²) >= 11 is 0. The number of aliphatic hydroxyl groups excluding tert-OH is 1. The van der Waals surface area contributed by atoms with Crippen molar-refractivity contribution in [3.05, 3.63) is 0 Å². The van der Waals surface area contributed by atoms with Gasteiger partial charge >= 0.3 is 0 Å². The number of rotatable bonds is 2. The van der Waals surface area contributed by atoms with Crippen LogP contribution < -0.4 is 11.1 Å². The molecular formula is C3H8N2O2. The van der Waals surface area contributed by atoms with E-state index in [2.05, 4.69) is 10.1 Å². The molecular weight excluding hydrogens is 96.0 g/mol. The van der Waals surface area contributed by atoms with Crippen LogP contribution in [0.4, 0.5) is 0 Å². The van der Waals surface area contributed by atoms with Crippen molar-refractivity contribution in [1.82, 2.24) is 5.32 Å². The predicted octanol–water partition coefficient (Wildman–Crippen LogP) is -1.83. The molecule has 4 heteroatoms. The van der Waals surface area contributed by atoms with E-state index in [1.165, 1.54) is 0 Å². The monoisotopic (exact) mass is 104 g/mol. The van der Waals surface area contributed by atoms with Crippen molar-refractivity contribution in [3.63, 3.8) is 0 Å². The van der Waals surface area contributed by atoms with Gasteiger partial charge in [0.15, 0.2) is 5.85 Å². The van der Waals surface area contributed by atoms with Gasteiger partial charge in [-0.15, -0.1) is 0 Å². The normalized spacial score (nSPS) is 38.6. The highest BCUT2D eigenvalue weighted by Gasteiger charge is 2.39. The van der Waals surface area contributed by atoms with E-state index in [0.717, 1.165) is 0 Å². The van der Waals surface area contributed by atoms with Crippen LogP contribution >= 0.6 is 0 Å². The molecule has 1 atom stereocenters. The quantitative estimate of drug-likeness (QED) is 0.284. The van der Waals surface area contributed by atoms with Crippen LogP contribution in [0.2, 0.25) is 0 Å². The minimum absolute atomic E-state index is 0.128.